The van der Waals surface area contributed by atoms with Gasteiger partial charge in [-0.1, -0.05) is 25.6 Å². The van der Waals surface area contributed by atoms with Crippen LogP contribution >= 0.6 is 11.8 Å². The Hall–Kier alpha value is -2.35. The maximum Gasteiger partial charge on any atom is 0.305 e. The number of carboxylic acids is 1. The van der Waals surface area contributed by atoms with Crippen LogP contribution in [0.5, 0.6) is 5.75 Å². The van der Waals surface area contributed by atoms with Gasteiger partial charge in [0.05, 0.1) is 18.7 Å². The van der Waals surface area contributed by atoms with E-state index in [0.717, 1.165) is 23.1 Å². The summed E-state index contributed by atoms with van der Waals surface area (Å²) in [6.45, 7) is 6.65. The van der Waals surface area contributed by atoms with E-state index in [9.17, 15) is 9.59 Å². The molecule has 0 radical (unpaired) electrons. The minimum absolute atomic E-state index is 0.240. The van der Waals surface area contributed by atoms with Crippen LogP contribution in [0.1, 0.15) is 32.8 Å². The summed E-state index contributed by atoms with van der Waals surface area (Å²) in [6.07, 6.45) is -0.240. The molecule has 0 aromatic heterocycles. The molecule has 1 fully saturated rings. The van der Waals surface area contributed by atoms with Gasteiger partial charge in [0.2, 0.25) is 5.91 Å². The molecule has 1 amide bonds. The van der Waals surface area contributed by atoms with Crippen molar-refractivity contribution in [3.63, 3.8) is 0 Å². The normalized spacial score (nSPS) is 19.4. The molecule has 25 heavy (non-hydrogen) atoms. The number of hydrogen-bond donors (Lipinski definition) is 2. The highest BCUT2D eigenvalue weighted by Gasteiger charge is 2.32. The summed E-state index contributed by atoms with van der Waals surface area (Å²) in [4.78, 5) is 22.3. The molecule has 1 aromatic rings. The lowest BCUT2D eigenvalue weighted by atomic mass is 10.1. The van der Waals surface area contributed by atoms with Crippen LogP contribution in [0.2, 0.25) is 0 Å². The monoisotopic (exact) mass is 363 g/mol. The molecule has 8 heteroatoms. The van der Waals surface area contributed by atoms with Crippen LogP contribution in [-0.2, 0) is 9.59 Å². The number of hydrogen-bond acceptors (Lipinski definition) is 6. The Kier molecular flexibility index (Phi) is 6.58. The largest absolute Gasteiger partial charge is 0.493 e. The van der Waals surface area contributed by atoms with Crippen LogP contribution in [0.4, 0.5) is 0 Å². The highest BCUT2D eigenvalue weighted by atomic mass is 32.2. The predicted molar refractivity (Wildman–Crippen MR) is 98.2 cm³/mol. The zero-order valence-electron chi connectivity index (χ0n) is 14.4. The molecule has 2 N–H and O–H groups in total. The zero-order chi connectivity index (χ0) is 18.4. The highest BCUT2D eigenvalue weighted by molar-refractivity contribution is 8.15. The van der Waals surface area contributed by atoms with Gasteiger partial charge < -0.3 is 15.2 Å². The van der Waals surface area contributed by atoms with Crippen molar-refractivity contribution >= 4 is 34.5 Å². The van der Waals surface area contributed by atoms with Gasteiger partial charge in [-0.3, -0.25) is 9.59 Å². The van der Waals surface area contributed by atoms with Crippen molar-refractivity contribution in [1.29, 1.82) is 0 Å². The van der Waals surface area contributed by atoms with Crippen LogP contribution in [0, 0.1) is 5.92 Å². The summed E-state index contributed by atoms with van der Waals surface area (Å²) in [5.74, 6) is -0.117. The Morgan fingerprint density at radius 1 is 1.36 bits per heavy atom. The van der Waals surface area contributed by atoms with Gasteiger partial charge in [-0.15, -0.1) is 5.10 Å². The average molecular weight is 363 g/mol. The summed E-state index contributed by atoms with van der Waals surface area (Å²) in [5, 5.41) is 19.1. The third-order valence-electron chi connectivity index (χ3n) is 3.28. The van der Waals surface area contributed by atoms with Crippen LogP contribution in [-0.4, -0.2) is 39.7 Å². The van der Waals surface area contributed by atoms with E-state index in [1.54, 1.807) is 0 Å². The first-order valence-electron chi connectivity index (χ1n) is 7.90. The molecule has 1 aliphatic heterocycles. The first-order chi connectivity index (χ1) is 11.8. The summed E-state index contributed by atoms with van der Waals surface area (Å²) in [5.41, 5.74) is 1.57. The molecule has 0 spiro atoms. The Bertz CT molecular complexity index is 698. The number of carboxylic acid groups (broad SMARTS) is 1. The number of benzene rings is 1. The summed E-state index contributed by atoms with van der Waals surface area (Å²) >= 11 is 1.08. The van der Waals surface area contributed by atoms with Gasteiger partial charge in [0.1, 0.15) is 11.0 Å². The van der Waals surface area contributed by atoms with Gasteiger partial charge in [0, 0.05) is 0 Å². The van der Waals surface area contributed by atoms with E-state index in [2.05, 4.69) is 29.4 Å². The highest BCUT2D eigenvalue weighted by Crippen LogP contribution is 2.22. The molecule has 1 saturated heterocycles. The first-order valence-corrected chi connectivity index (χ1v) is 8.78. The van der Waals surface area contributed by atoms with E-state index in [0.29, 0.717) is 23.4 Å². The van der Waals surface area contributed by atoms with Crippen molar-refractivity contribution in [2.24, 2.45) is 16.1 Å². The van der Waals surface area contributed by atoms with E-state index < -0.39 is 11.2 Å². The topological polar surface area (TPSA) is 100 Å². The number of nitrogens with zero attached hydrogens (tertiary/aromatic N) is 2. The lowest BCUT2D eigenvalue weighted by molar-refractivity contribution is -0.138. The molecule has 0 aliphatic carbocycles. The maximum absolute atomic E-state index is 11.6. The van der Waals surface area contributed by atoms with Crippen molar-refractivity contribution < 1.29 is 19.4 Å². The maximum atomic E-state index is 11.6. The molecule has 134 valence electrons. The molecule has 7 nitrogen and oxygen atoms in total. The van der Waals surface area contributed by atoms with Crippen LogP contribution in [0.3, 0.4) is 0 Å². The third kappa shape index (κ3) is 5.90. The van der Waals surface area contributed by atoms with Gasteiger partial charge >= 0.3 is 5.97 Å². The summed E-state index contributed by atoms with van der Waals surface area (Å²) in [6, 6.07) is 7.53. The lowest BCUT2D eigenvalue weighted by Gasteiger charge is -2.08. The van der Waals surface area contributed by atoms with Crippen molar-refractivity contribution in [1.82, 2.24) is 5.32 Å². The molecule has 1 heterocycles. The van der Waals surface area contributed by atoms with Crippen LogP contribution in [0.25, 0.3) is 0 Å². The third-order valence-corrected chi connectivity index (χ3v) is 4.35. The first kappa shape index (κ1) is 19.0. The Morgan fingerprint density at radius 3 is 2.64 bits per heavy atom. The Labute approximate surface area is 150 Å². The Balaban J connectivity index is 1.99. The van der Waals surface area contributed by atoms with Gasteiger partial charge in [0.25, 0.3) is 0 Å². The van der Waals surface area contributed by atoms with Crippen LogP contribution < -0.4 is 10.1 Å². The molecule has 2 rings (SSSR count). The number of amidine groups is 1. The molecule has 0 bridgehead atoms. The summed E-state index contributed by atoms with van der Waals surface area (Å²) in [7, 11) is 0. The number of nitrogens with one attached hydrogen (secondary N) is 1. The van der Waals surface area contributed by atoms with Crippen molar-refractivity contribution in [3.05, 3.63) is 29.8 Å². The fourth-order valence-corrected chi connectivity index (χ4v) is 2.89. The number of thioether (sulfide) groups is 1. The standard InChI is InChI=1S/C17H21N3O4S/c1-10(2)9-24-13-6-4-12(5-7-13)11(3)19-20-17-18-16(23)14(25-17)8-15(21)22/h4-7,10,14H,8-9H2,1-3H3,(H,21,22)(H,18,20,23)/b19-11+. The second-order valence-electron chi connectivity index (χ2n) is 6.01. The number of carbonyl (C=O) groups is 2. The van der Waals surface area contributed by atoms with E-state index >= 15 is 0 Å². The smallest absolute Gasteiger partial charge is 0.305 e. The molecule has 1 atom stereocenters. The minimum Gasteiger partial charge on any atom is -0.493 e. The zero-order valence-corrected chi connectivity index (χ0v) is 15.2. The van der Waals surface area contributed by atoms with Crippen molar-refractivity contribution in [2.75, 3.05) is 6.61 Å². The average Bonchev–Trinajstić information content (AvgIpc) is 2.90. The van der Waals surface area contributed by atoms with E-state index in [1.807, 2.05) is 31.2 Å². The fourth-order valence-electron chi connectivity index (χ4n) is 1.98. The lowest BCUT2D eigenvalue weighted by Crippen LogP contribution is -2.26. The van der Waals surface area contributed by atoms with Gasteiger partial charge in [0.15, 0.2) is 5.17 Å². The van der Waals surface area contributed by atoms with Crippen LogP contribution in [0.15, 0.2) is 34.5 Å². The fraction of sp³-hybridized carbons (Fsp3) is 0.412. The summed E-state index contributed by atoms with van der Waals surface area (Å²) < 4.78 is 5.63. The predicted octanol–water partition coefficient (Wildman–Crippen LogP) is 2.51. The molecule has 0 saturated carbocycles. The van der Waals surface area contributed by atoms with E-state index in [1.165, 1.54) is 0 Å². The van der Waals surface area contributed by atoms with Gasteiger partial charge in [-0.2, -0.15) is 5.10 Å². The Morgan fingerprint density at radius 2 is 2.04 bits per heavy atom. The number of carbonyl (C=O) groups excluding carboxylic acids is 1. The van der Waals surface area contributed by atoms with Gasteiger partial charge in [-0.25, -0.2) is 0 Å². The quantitative estimate of drug-likeness (QED) is 0.573. The number of rotatable bonds is 7. The second kappa shape index (κ2) is 8.66. The molecule has 1 aliphatic rings. The molecular formula is C17H21N3O4S. The number of amides is 1. The molecular weight excluding hydrogens is 342 g/mol. The molecule has 1 aromatic carbocycles. The minimum atomic E-state index is -1.02. The van der Waals surface area contributed by atoms with Crippen molar-refractivity contribution in [3.8, 4) is 5.75 Å². The van der Waals surface area contributed by atoms with Gasteiger partial charge in [-0.05, 0) is 42.7 Å². The second-order valence-corrected chi connectivity index (χ2v) is 7.20. The molecule has 1 unspecified atom stereocenters. The van der Waals surface area contributed by atoms with E-state index in [-0.39, 0.29) is 12.3 Å². The van der Waals surface area contributed by atoms with Crippen molar-refractivity contribution in [2.45, 2.75) is 32.4 Å². The SMILES string of the molecule is C/C(=N\N=C1NC(=O)C(CC(=O)O)S1)c1ccc(OCC(C)C)cc1. The van der Waals surface area contributed by atoms with E-state index in [4.69, 9.17) is 9.84 Å². The number of aliphatic carboxylic acids is 1. The number of ether oxygens (including phenoxy) is 1.